The van der Waals surface area contributed by atoms with Crippen LogP contribution in [-0.4, -0.2) is 39.1 Å². The van der Waals surface area contributed by atoms with Gasteiger partial charge in [-0.3, -0.25) is 10.1 Å². The maximum atomic E-state index is 14.7. The van der Waals surface area contributed by atoms with Crippen molar-refractivity contribution < 1.29 is 32.2 Å². The van der Waals surface area contributed by atoms with Crippen molar-refractivity contribution >= 4 is 27.7 Å². The fourth-order valence-corrected chi connectivity index (χ4v) is 6.17. The number of methoxy groups -OCH3 is 1. The molecule has 0 unspecified atom stereocenters. The molecule has 1 aliphatic heterocycles. The minimum atomic E-state index is -4.55. The Morgan fingerprint density at radius 1 is 1.00 bits per heavy atom. The number of hydrogen-bond donors (Lipinski definition) is 1. The van der Waals surface area contributed by atoms with Crippen molar-refractivity contribution in [3.63, 3.8) is 0 Å². The predicted molar refractivity (Wildman–Crippen MR) is 151 cm³/mol. The monoisotopic (exact) mass is 584 g/mol. The van der Waals surface area contributed by atoms with Crippen LogP contribution in [0.4, 0.5) is 10.5 Å². The first-order chi connectivity index (χ1) is 20.3. The van der Waals surface area contributed by atoms with Crippen LogP contribution in [0.1, 0.15) is 23.6 Å². The molecular formula is C30H24N4O7S. The molecule has 1 aliphatic rings. The van der Waals surface area contributed by atoms with E-state index in [-0.39, 0.29) is 45.5 Å². The quantitative estimate of drug-likeness (QED) is 0.323. The van der Waals surface area contributed by atoms with E-state index in [1.54, 1.807) is 37.3 Å². The molecule has 2 heterocycles. The number of amides is 2. The fourth-order valence-electron chi connectivity index (χ4n) is 4.70. The van der Waals surface area contributed by atoms with E-state index in [1.807, 2.05) is 6.07 Å². The van der Waals surface area contributed by atoms with E-state index in [4.69, 9.17) is 14.2 Å². The average molecular weight is 585 g/mol. The molecule has 0 radical (unpaired) electrons. The van der Waals surface area contributed by atoms with Gasteiger partial charge in [0.15, 0.2) is 5.54 Å². The second-order valence-electron chi connectivity index (χ2n) is 8.96. The number of rotatable bonds is 8. The number of carbonyl (C=O) groups is 2. The summed E-state index contributed by atoms with van der Waals surface area (Å²) in [6, 6.07) is 22.7. The Bertz CT molecular complexity index is 1810. The first kappa shape index (κ1) is 28.1. The predicted octanol–water partition coefficient (Wildman–Crippen LogP) is 4.13. The standard InChI is InChI=1S/C30H24N4O7S/c1-3-40-27-24(10-7-17-32-27)30(33-29(36)41-22-8-5-4-6-9-22)25-18-20(19-31)11-16-26(25)34(28(30)35)42(37,38)23-14-12-21(39-2)13-15-23/h4-18H,3H2,1-2H3,(H,33,36)/t30-/m1/s1. The number of nitrogens with one attached hydrogen (secondary N) is 1. The molecule has 0 spiro atoms. The third-order valence-corrected chi connectivity index (χ3v) is 8.26. The number of pyridine rings is 1. The van der Waals surface area contributed by atoms with Crippen LogP contribution in [0.3, 0.4) is 0 Å². The lowest BCUT2D eigenvalue weighted by Crippen LogP contribution is -2.55. The molecule has 1 N–H and O–H groups in total. The zero-order valence-corrected chi connectivity index (χ0v) is 23.3. The van der Waals surface area contributed by atoms with E-state index < -0.39 is 27.6 Å². The van der Waals surface area contributed by atoms with Gasteiger partial charge >= 0.3 is 6.09 Å². The fraction of sp³-hybridized carbons (Fsp3) is 0.133. The second kappa shape index (κ2) is 11.2. The molecule has 5 rings (SSSR count). The minimum Gasteiger partial charge on any atom is -0.497 e. The van der Waals surface area contributed by atoms with E-state index in [0.29, 0.717) is 10.1 Å². The van der Waals surface area contributed by atoms with E-state index in [1.165, 1.54) is 67.9 Å². The first-order valence-corrected chi connectivity index (χ1v) is 14.1. The van der Waals surface area contributed by atoms with Gasteiger partial charge in [-0.15, -0.1) is 0 Å². The highest BCUT2D eigenvalue weighted by Crippen LogP contribution is 2.49. The molecule has 4 aromatic rings. The summed E-state index contributed by atoms with van der Waals surface area (Å²) in [7, 11) is -3.11. The van der Waals surface area contributed by atoms with Gasteiger partial charge in [0.05, 0.1) is 41.5 Å². The van der Waals surface area contributed by atoms with E-state index in [0.717, 1.165) is 0 Å². The summed E-state index contributed by atoms with van der Waals surface area (Å²) in [5, 5.41) is 12.3. The molecule has 11 nitrogen and oxygen atoms in total. The molecule has 0 aliphatic carbocycles. The summed E-state index contributed by atoms with van der Waals surface area (Å²) >= 11 is 0. The Morgan fingerprint density at radius 2 is 1.74 bits per heavy atom. The Labute approximate surface area is 241 Å². The van der Waals surface area contributed by atoms with Crippen LogP contribution in [0.5, 0.6) is 17.4 Å². The van der Waals surface area contributed by atoms with Crippen LogP contribution in [0.25, 0.3) is 0 Å². The maximum absolute atomic E-state index is 14.7. The summed E-state index contributed by atoms with van der Waals surface area (Å²) in [6.07, 6.45) is 0.375. The molecule has 0 fully saturated rings. The molecule has 0 saturated carbocycles. The summed E-state index contributed by atoms with van der Waals surface area (Å²) in [5.41, 5.74) is -2.10. The summed E-state index contributed by atoms with van der Waals surface area (Å²) < 4.78 is 45.1. The van der Waals surface area contributed by atoms with Crippen molar-refractivity contribution in [2.24, 2.45) is 0 Å². The van der Waals surface area contributed by atoms with Gasteiger partial charge in [-0.2, -0.15) is 9.57 Å². The molecule has 42 heavy (non-hydrogen) atoms. The third-order valence-electron chi connectivity index (χ3n) is 6.55. The van der Waals surface area contributed by atoms with Gasteiger partial charge in [-0.05, 0) is 73.7 Å². The number of hydrogen-bond acceptors (Lipinski definition) is 9. The second-order valence-corrected chi connectivity index (χ2v) is 10.7. The highest BCUT2D eigenvalue weighted by atomic mass is 32.2. The third kappa shape index (κ3) is 4.76. The summed E-state index contributed by atoms with van der Waals surface area (Å²) in [4.78, 5) is 32.1. The Balaban J connectivity index is 1.76. The lowest BCUT2D eigenvalue weighted by Gasteiger charge is -2.30. The molecule has 2 amide bonds. The Morgan fingerprint density at radius 3 is 2.40 bits per heavy atom. The first-order valence-electron chi connectivity index (χ1n) is 12.7. The molecule has 212 valence electrons. The molecule has 0 saturated heterocycles. The number of sulfonamides is 1. The number of aromatic nitrogens is 1. The molecule has 3 aromatic carbocycles. The van der Waals surface area contributed by atoms with E-state index >= 15 is 0 Å². The highest BCUT2D eigenvalue weighted by Gasteiger charge is 2.59. The minimum absolute atomic E-state index is 0.0163. The number of fused-ring (bicyclic) bond motifs is 1. The van der Waals surface area contributed by atoms with Gasteiger partial charge in [0, 0.05) is 11.8 Å². The normalized spacial score (nSPS) is 15.8. The van der Waals surface area contributed by atoms with Gasteiger partial charge in [0.1, 0.15) is 11.5 Å². The number of ether oxygens (including phenoxy) is 3. The lowest BCUT2D eigenvalue weighted by molar-refractivity contribution is -0.121. The van der Waals surface area contributed by atoms with Crippen molar-refractivity contribution in [3.05, 3.63) is 108 Å². The average Bonchev–Trinajstić information content (AvgIpc) is 3.25. The Hall–Kier alpha value is -5.41. The topological polar surface area (TPSA) is 148 Å². The number of carbonyl (C=O) groups excluding carboxylic acids is 2. The van der Waals surface area contributed by atoms with Crippen molar-refractivity contribution in [3.8, 4) is 23.4 Å². The van der Waals surface area contributed by atoms with E-state index in [9.17, 15) is 23.3 Å². The van der Waals surface area contributed by atoms with Crippen molar-refractivity contribution in [1.82, 2.24) is 10.3 Å². The van der Waals surface area contributed by atoms with Crippen molar-refractivity contribution in [1.29, 1.82) is 5.26 Å². The molecule has 0 bridgehead atoms. The van der Waals surface area contributed by atoms with Crippen molar-refractivity contribution in [2.75, 3.05) is 18.0 Å². The van der Waals surface area contributed by atoms with Gasteiger partial charge in [0.2, 0.25) is 5.88 Å². The van der Waals surface area contributed by atoms with Crippen LogP contribution < -0.4 is 23.8 Å². The SMILES string of the molecule is CCOc1ncccc1[C@]1(NC(=O)Oc2ccccc2)C(=O)N(S(=O)(=O)c2ccc(OC)cc2)c2ccc(C#N)cc21. The highest BCUT2D eigenvalue weighted by molar-refractivity contribution is 7.93. The molecule has 1 aromatic heterocycles. The lowest BCUT2D eigenvalue weighted by atomic mass is 9.83. The Kier molecular flexibility index (Phi) is 7.52. The smallest absolute Gasteiger partial charge is 0.414 e. The van der Waals surface area contributed by atoms with Crippen molar-refractivity contribution in [2.45, 2.75) is 17.4 Å². The number of benzene rings is 3. The number of nitriles is 1. The summed E-state index contributed by atoms with van der Waals surface area (Å²) in [5.74, 6) is -0.481. The van der Waals surface area contributed by atoms with Gasteiger partial charge in [-0.25, -0.2) is 18.2 Å². The molecule has 1 atom stereocenters. The maximum Gasteiger partial charge on any atom is 0.414 e. The van der Waals surface area contributed by atoms with Gasteiger partial charge in [-0.1, -0.05) is 18.2 Å². The van der Waals surface area contributed by atoms with E-state index in [2.05, 4.69) is 10.3 Å². The van der Waals surface area contributed by atoms with Crippen LogP contribution in [0.15, 0.2) is 96.0 Å². The van der Waals surface area contributed by atoms with Gasteiger partial charge < -0.3 is 14.2 Å². The zero-order valence-electron chi connectivity index (χ0n) is 22.5. The van der Waals surface area contributed by atoms with Crippen LogP contribution in [0.2, 0.25) is 0 Å². The number of para-hydroxylation sites is 1. The largest absolute Gasteiger partial charge is 0.497 e. The van der Waals surface area contributed by atoms with Gasteiger partial charge in [0.25, 0.3) is 15.9 Å². The zero-order chi connectivity index (χ0) is 29.9. The molecular weight excluding hydrogens is 560 g/mol. The van der Waals surface area contributed by atoms with Crippen LogP contribution in [0, 0.1) is 11.3 Å². The van der Waals surface area contributed by atoms with Crippen LogP contribution >= 0.6 is 0 Å². The summed E-state index contributed by atoms with van der Waals surface area (Å²) in [6.45, 7) is 1.86. The number of anilines is 1. The van der Waals surface area contributed by atoms with Crippen LogP contribution in [-0.2, 0) is 20.4 Å². The molecule has 12 heteroatoms. The number of nitrogens with zero attached hydrogens (tertiary/aromatic N) is 3.